The molecule has 3 aromatic rings. The van der Waals surface area contributed by atoms with Gasteiger partial charge in [0.05, 0.1) is 12.2 Å². The van der Waals surface area contributed by atoms with Crippen LogP contribution in [0.4, 0.5) is 0 Å². The molecule has 24 heavy (non-hydrogen) atoms. The summed E-state index contributed by atoms with van der Waals surface area (Å²) in [6, 6.07) is 9.01. The Kier molecular flexibility index (Phi) is 4.90. The number of amides is 1. The van der Waals surface area contributed by atoms with Crippen LogP contribution in [-0.4, -0.2) is 27.2 Å². The van der Waals surface area contributed by atoms with Gasteiger partial charge in [0.1, 0.15) is 5.75 Å². The largest absolute Gasteiger partial charge is 0.431 e. The molecular formula is C17H18N4O2S. The predicted octanol–water partition coefficient (Wildman–Crippen LogP) is 3.18. The second kappa shape index (κ2) is 7.27. The van der Waals surface area contributed by atoms with E-state index in [1.54, 1.807) is 30.5 Å². The Labute approximate surface area is 144 Å². The van der Waals surface area contributed by atoms with Gasteiger partial charge in [-0.3, -0.25) is 9.48 Å². The molecule has 0 aliphatic rings. The summed E-state index contributed by atoms with van der Waals surface area (Å²) in [5, 5.41) is 9.70. The van der Waals surface area contributed by atoms with Crippen molar-refractivity contribution >= 4 is 17.2 Å². The molecule has 0 aliphatic heterocycles. The van der Waals surface area contributed by atoms with Gasteiger partial charge in [0, 0.05) is 29.4 Å². The number of hydrogen-bond donors (Lipinski definition) is 1. The maximum absolute atomic E-state index is 12.2. The Bertz CT molecular complexity index is 810. The molecule has 1 amide bonds. The second-order valence-corrected chi connectivity index (χ2v) is 6.19. The zero-order valence-electron chi connectivity index (χ0n) is 13.5. The van der Waals surface area contributed by atoms with E-state index in [0.29, 0.717) is 29.6 Å². The van der Waals surface area contributed by atoms with E-state index in [0.717, 1.165) is 11.4 Å². The molecule has 2 aromatic heterocycles. The van der Waals surface area contributed by atoms with E-state index in [1.165, 1.54) is 11.3 Å². The molecule has 124 valence electrons. The third-order valence-electron chi connectivity index (χ3n) is 3.44. The van der Waals surface area contributed by atoms with E-state index >= 15 is 0 Å². The minimum atomic E-state index is -0.114. The number of rotatable bonds is 6. The minimum Gasteiger partial charge on any atom is -0.431 e. The Morgan fingerprint density at radius 2 is 2.08 bits per heavy atom. The summed E-state index contributed by atoms with van der Waals surface area (Å²) in [4.78, 5) is 16.2. The minimum absolute atomic E-state index is 0.114. The van der Waals surface area contributed by atoms with Crippen LogP contribution in [0.5, 0.6) is 10.9 Å². The lowest BCUT2D eigenvalue weighted by Gasteiger charge is -2.08. The maximum Gasteiger partial charge on any atom is 0.278 e. The number of carbonyl (C=O) groups is 1. The van der Waals surface area contributed by atoms with Gasteiger partial charge in [-0.25, -0.2) is 4.98 Å². The molecule has 2 heterocycles. The summed E-state index contributed by atoms with van der Waals surface area (Å²) in [5.41, 5.74) is 2.66. The van der Waals surface area contributed by atoms with E-state index in [2.05, 4.69) is 15.4 Å². The van der Waals surface area contributed by atoms with Crippen LogP contribution >= 0.6 is 11.3 Å². The molecule has 0 radical (unpaired) electrons. The maximum atomic E-state index is 12.2. The molecule has 1 N–H and O–H groups in total. The first-order chi connectivity index (χ1) is 11.6. The molecule has 1 aromatic carbocycles. The van der Waals surface area contributed by atoms with Crippen molar-refractivity contribution in [3.63, 3.8) is 0 Å². The molecule has 0 atom stereocenters. The number of nitrogens with zero attached hydrogens (tertiary/aromatic N) is 3. The summed E-state index contributed by atoms with van der Waals surface area (Å²) in [7, 11) is 0. The fourth-order valence-corrected chi connectivity index (χ4v) is 2.82. The number of aromatic nitrogens is 3. The van der Waals surface area contributed by atoms with Gasteiger partial charge in [0.15, 0.2) is 0 Å². The van der Waals surface area contributed by atoms with Crippen LogP contribution in [0.2, 0.25) is 0 Å². The summed E-state index contributed by atoms with van der Waals surface area (Å²) < 4.78 is 7.46. The smallest absolute Gasteiger partial charge is 0.278 e. The summed E-state index contributed by atoms with van der Waals surface area (Å²) in [6.45, 7) is 5.13. The van der Waals surface area contributed by atoms with E-state index < -0.39 is 0 Å². The normalized spacial score (nSPS) is 10.6. The Morgan fingerprint density at radius 3 is 2.71 bits per heavy atom. The zero-order valence-corrected chi connectivity index (χ0v) is 14.3. The number of nitrogens with one attached hydrogen (secondary N) is 1. The van der Waals surface area contributed by atoms with E-state index in [4.69, 9.17) is 4.74 Å². The van der Waals surface area contributed by atoms with Gasteiger partial charge in [-0.05, 0) is 44.2 Å². The third kappa shape index (κ3) is 3.99. The standard InChI is InChI=1S/C17H18N4O2S/c1-12-11-13(2)21(20-12)9-7-18-16(22)14-3-5-15(6-4-14)23-17-19-8-10-24-17/h3-6,8,10-11H,7,9H2,1-2H3,(H,18,22). The number of carbonyl (C=O) groups excluding carboxylic acids is 1. The number of thiazole rings is 1. The van der Waals surface area contributed by atoms with Crippen molar-refractivity contribution in [2.45, 2.75) is 20.4 Å². The number of ether oxygens (including phenoxy) is 1. The van der Waals surface area contributed by atoms with Crippen molar-refractivity contribution in [1.82, 2.24) is 20.1 Å². The van der Waals surface area contributed by atoms with Crippen LogP contribution in [0.15, 0.2) is 41.9 Å². The quantitative estimate of drug-likeness (QED) is 0.747. The average Bonchev–Trinajstić information content (AvgIpc) is 3.18. The van der Waals surface area contributed by atoms with E-state index in [9.17, 15) is 4.79 Å². The first-order valence-electron chi connectivity index (χ1n) is 7.58. The van der Waals surface area contributed by atoms with Crippen molar-refractivity contribution in [2.75, 3.05) is 6.54 Å². The molecule has 0 saturated carbocycles. The highest BCUT2D eigenvalue weighted by Crippen LogP contribution is 2.23. The van der Waals surface area contributed by atoms with Gasteiger partial charge in [-0.1, -0.05) is 11.3 Å². The van der Waals surface area contributed by atoms with Crippen LogP contribution in [-0.2, 0) is 6.54 Å². The lowest BCUT2D eigenvalue weighted by molar-refractivity contribution is 0.0952. The van der Waals surface area contributed by atoms with Crippen LogP contribution in [0.1, 0.15) is 21.7 Å². The second-order valence-electron chi connectivity index (χ2n) is 5.33. The lowest BCUT2D eigenvalue weighted by atomic mass is 10.2. The molecule has 0 unspecified atom stereocenters. The Morgan fingerprint density at radius 1 is 1.29 bits per heavy atom. The van der Waals surface area contributed by atoms with Crippen molar-refractivity contribution in [1.29, 1.82) is 0 Å². The van der Waals surface area contributed by atoms with Gasteiger partial charge in [0.25, 0.3) is 11.1 Å². The first kappa shape index (κ1) is 16.2. The number of benzene rings is 1. The summed E-state index contributed by atoms with van der Waals surface area (Å²) in [5.74, 6) is 0.543. The summed E-state index contributed by atoms with van der Waals surface area (Å²) in [6.07, 6.45) is 1.69. The summed E-state index contributed by atoms with van der Waals surface area (Å²) >= 11 is 1.42. The Hall–Kier alpha value is -2.67. The molecular weight excluding hydrogens is 324 g/mol. The van der Waals surface area contributed by atoms with Gasteiger partial charge < -0.3 is 10.1 Å². The van der Waals surface area contributed by atoms with Crippen molar-refractivity contribution < 1.29 is 9.53 Å². The number of hydrogen-bond acceptors (Lipinski definition) is 5. The highest BCUT2D eigenvalue weighted by molar-refractivity contribution is 7.11. The molecule has 0 saturated heterocycles. The van der Waals surface area contributed by atoms with Crippen molar-refractivity contribution in [3.05, 3.63) is 58.9 Å². The zero-order chi connectivity index (χ0) is 16.9. The van der Waals surface area contributed by atoms with Gasteiger partial charge >= 0.3 is 0 Å². The monoisotopic (exact) mass is 342 g/mol. The van der Waals surface area contributed by atoms with Gasteiger partial charge in [0.2, 0.25) is 0 Å². The predicted molar refractivity (Wildman–Crippen MR) is 92.7 cm³/mol. The van der Waals surface area contributed by atoms with Crippen LogP contribution in [0.25, 0.3) is 0 Å². The average molecular weight is 342 g/mol. The van der Waals surface area contributed by atoms with Crippen molar-refractivity contribution in [2.24, 2.45) is 0 Å². The SMILES string of the molecule is Cc1cc(C)n(CCNC(=O)c2ccc(Oc3nccs3)cc2)n1. The molecule has 0 fully saturated rings. The highest BCUT2D eigenvalue weighted by atomic mass is 32.1. The molecule has 0 bridgehead atoms. The van der Waals surface area contributed by atoms with E-state index in [1.807, 2.05) is 30.0 Å². The molecule has 0 aliphatic carbocycles. The van der Waals surface area contributed by atoms with Crippen LogP contribution < -0.4 is 10.1 Å². The molecule has 3 rings (SSSR count). The molecule has 0 spiro atoms. The highest BCUT2D eigenvalue weighted by Gasteiger charge is 2.07. The third-order valence-corrected chi connectivity index (χ3v) is 4.09. The molecule has 7 heteroatoms. The number of aryl methyl sites for hydroxylation is 2. The lowest BCUT2D eigenvalue weighted by Crippen LogP contribution is -2.27. The van der Waals surface area contributed by atoms with Crippen LogP contribution in [0, 0.1) is 13.8 Å². The molecule has 6 nitrogen and oxygen atoms in total. The fourth-order valence-electron chi connectivity index (χ4n) is 2.31. The first-order valence-corrected chi connectivity index (χ1v) is 8.46. The topological polar surface area (TPSA) is 69.0 Å². The fraction of sp³-hybridized carbons (Fsp3) is 0.235. The Balaban J connectivity index is 1.52. The van der Waals surface area contributed by atoms with Gasteiger partial charge in [-0.15, -0.1) is 0 Å². The van der Waals surface area contributed by atoms with E-state index in [-0.39, 0.29) is 5.91 Å². The van der Waals surface area contributed by atoms with Crippen LogP contribution in [0.3, 0.4) is 0 Å². The van der Waals surface area contributed by atoms with Gasteiger partial charge in [-0.2, -0.15) is 5.10 Å². The van der Waals surface area contributed by atoms with Crippen molar-refractivity contribution in [3.8, 4) is 10.9 Å².